The van der Waals surface area contributed by atoms with E-state index < -0.39 is 21.9 Å². The van der Waals surface area contributed by atoms with Crippen molar-refractivity contribution in [2.75, 3.05) is 5.32 Å². The Labute approximate surface area is 118 Å². The lowest BCUT2D eigenvalue weighted by Crippen LogP contribution is -2.37. The summed E-state index contributed by atoms with van der Waals surface area (Å²) in [6, 6.07) is 5.91. The van der Waals surface area contributed by atoms with Gasteiger partial charge in [-0.25, -0.2) is 13.6 Å². The number of carbonyl (C=O) groups is 1. The summed E-state index contributed by atoms with van der Waals surface area (Å²) >= 11 is 0. The smallest absolute Gasteiger partial charge is 0.308 e. The van der Waals surface area contributed by atoms with E-state index in [4.69, 9.17) is 5.14 Å². The summed E-state index contributed by atoms with van der Waals surface area (Å²) in [4.78, 5) is 11.2. The Hall–Kier alpha value is -1.60. The first kappa shape index (κ1) is 14.8. The summed E-state index contributed by atoms with van der Waals surface area (Å²) in [7, 11) is -3.70. The van der Waals surface area contributed by atoms with Crippen molar-refractivity contribution in [3.05, 3.63) is 24.3 Å². The standard InChI is InChI=1S/C13H18N2O4S/c14-20(18,19)10-7-5-9(6-8-10)15-12-4-2-1-3-11(12)13(16)17/h5-8,11-12,15H,1-4H2,(H,16,17)(H2,14,18,19). The molecule has 0 amide bonds. The lowest BCUT2D eigenvalue weighted by Gasteiger charge is -2.30. The minimum atomic E-state index is -3.70. The Balaban J connectivity index is 2.11. The lowest BCUT2D eigenvalue weighted by molar-refractivity contribution is -0.143. The average molecular weight is 298 g/mol. The molecule has 0 bridgehead atoms. The molecule has 6 nitrogen and oxygen atoms in total. The van der Waals surface area contributed by atoms with Crippen LogP contribution < -0.4 is 10.5 Å². The zero-order valence-electron chi connectivity index (χ0n) is 11.0. The summed E-state index contributed by atoms with van der Waals surface area (Å²) in [6.07, 6.45) is 3.40. The van der Waals surface area contributed by atoms with Gasteiger partial charge in [-0.05, 0) is 37.1 Å². The molecule has 2 rings (SSSR count). The van der Waals surface area contributed by atoms with Crippen LogP contribution in [0.25, 0.3) is 0 Å². The summed E-state index contributed by atoms with van der Waals surface area (Å²) in [5.74, 6) is -1.19. The summed E-state index contributed by atoms with van der Waals surface area (Å²) in [6.45, 7) is 0. The molecule has 20 heavy (non-hydrogen) atoms. The minimum absolute atomic E-state index is 0.0430. The number of nitrogens with one attached hydrogen (secondary N) is 1. The number of hydrogen-bond donors (Lipinski definition) is 3. The van der Waals surface area contributed by atoms with Gasteiger partial charge in [-0.1, -0.05) is 12.8 Å². The molecule has 1 fully saturated rings. The molecule has 0 spiro atoms. The maximum Gasteiger partial charge on any atom is 0.308 e. The molecule has 1 aliphatic carbocycles. The second-order valence-electron chi connectivity index (χ2n) is 5.05. The number of sulfonamides is 1. The van der Waals surface area contributed by atoms with Crippen molar-refractivity contribution in [2.24, 2.45) is 11.1 Å². The van der Waals surface area contributed by atoms with E-state index >= 15 is 0 Å². The lowest BCUT2D eigenvalue weighted by atomic mass is 9.84. The van der Waals surface area contributed by atoms with Gasteiger partial charge in [0.2, 0.25) is 10.0 Å². The molecule has 1 aromatic carbocycles. The van der Waals surface area contributed by atoms with Gasteiger partial charge in [-0.15, -0.1) is 0 Å². The maximum absolute atomic E-state index is 11.2. The van der Waals surface area contributed by atoms with Crippen LogP contribution in [0.4, 0.5) is 5.69 Å². The third-order valence-electron chi connectivity index (χ3n) is 3.62. The molecular weight excluding hydrogens is 280 g/mol. The fraction of sp³-hybridized carbons (Fsp3) is 0.462. The fourth-order valence-corrected chi connectivity index (χ4v) is 3.07. The average Bonchev–Trinajstić information content (AvgIpc) is 2.38. The normalized spacial score (nSPS) is 23.2. The van der Waals surface area contributed by atoms with Gasteiger partial charge in [0.05, 0.1) is 10.8 Å². The number of benzene rings is 1. The molecule has 0 saturated heterocycles. The van der Waals surface area contributed by atoms with Gasteiger partial charge in [0.25, 0.3) is 0 Å². The Morgan fingerprint density at radius 2 is 1.80 bits per heavy atom. The van der Waals surface area contributed by atoms with Gasteiger partial charge in [-0.2, -0.15) is 0 Å². The third kappa shape index (κ3) is 3.49. The number of rotatable bonds is 4. The number of nitrogens with two attached hydrogens (primary N) is 1. The van der Waals surface area contributed by atoms with Gasteiger partial charge in [0, 0.05) is 11.7 Å². The van der Waals surface area contributed by atoms with Crippen molar-refractivity contribution in [1.82, 2.24) is 0 Å². The van der Waals surface area contributed by atoms with E-state index in [1.54, 1.807) is 12.1 Å². The Kier molecular flexibility index (Phi) is 4.29. The van der Waals surface area contributed by atoms with Crippen LogP contribution in [0.3, 0.4) is 0 Å². The molecule has 0 aromatic heterocycles. The molecule has 7 heteroatoms. The highest BCUT2D eigenvalue weighted by Gasteiger charge is 2.30. The van der Waals surface area contributed by atoms with Crippen LogP contribution in [0.15, 0.2) is 29.2 Å². The van der Waals surface area contributed by atoms with Gasteiger partial charge in [0.1, 0.15) is 0 Å². The third-order valence-corrected chi connectivity index (χ3v) is 4.55. The van der Waals surface area contributed by atoms with E-state index in [0.29, 0.717) is 12.1 Å². The van der Waals surface area contributed by atoms with E-state index in [-0.39, 0.29) is 10.9 Å². The molecule has 0 heterocycles. The van der Waals surface area contributed by atoms with Crippen LogP contribution in [0.5, 0.6) is 0 Å². The van der Waals surface area contributed by atoms with Crippen LogP contribution in [0.1, 0.15) is 25.7 Å². The number of aliphatic carboxylic acids is 1. The monoisotopic (exact) mass is 298 g/mol. The Bertz CT molecular complexity index is 583. The SMILES string of the molecule is NS(=O)(=O)c1ccc(NC2CCCCC2C(=O)O)cc1. The highest BCUT2D eigenvalue weighted by molar-refractivity contribution is 7.89. The topological polar surface area (TPSA) is 109 Å². The summed E-state index contributed by atoms with van der Waals surface area (Å²) < 4.78 is 22.3. The molecule has 2 unspecified atom stereocenters. The number of primary sulfonamides is 1. The van der Waals surface area contributed by atoms with Gasteiger partial charge < -0.3 is 10.4 Å². The number of anilines is 1. The second kappa shape index (κ2) is 5.80. The van der Waals surface area contributed by atoms with E-state index in [9.17, 15) is 18.3 Å². The van der Waals surface area contributed by atoms with Crippen molar-refractivity contribution in [3.63, 3.8) is 0 Å². The summed E-state index contributed by atoms with van der Waals surface area (Å²) in [5, 5.41) is 17.4. The molecule has 4 N–H and O–H groups in total. The van der Waals surface area contributed by atoms with E-state index in [2.05, 4.69) is 5.32 Å². The maximum atomic E-state index is 11.2. The van der Waals surface area contributed by atoms with Crippen LogP contribution in [-0.2, 0) is 14.8 Å². The largest absolute Gasteiger partial charge is 0.481 e. The number of carboxylic acid groups (broad SMARTS) is 1. The van der Waals surface area contributed by atoms with E-state index in [1.165, 1.54) is 12.1 Å². The Morgan fingerprint density at radius 1 is 1.20 bits per heavy atom. The van der Waals surface area contributed by atoms with Crippen molar-refractivity contribution in [1.29, 1.82) is 0 Å². The zero-order chi connectivity index (χ0) is 14.8. The van der Waals surface area contributed by atoms with Gasteiger partial charge in [0.15, 0.2) is 0 Å². The van der Waals surface area contributed by atoms with Crippen molar-refractivity contribution in [2.45, 2.75) is 36.6 Å². The van der Waals surface area contributed by atoms with Gasteiger partial charge in [-0.3, -0.25) is 4.79 Å². The van der Waals surface area contributed by atoms with E-state index in [1.807, 2.05) is 0 Å². The van der Waals surface area contributed by atoms with Crippen LogP contribution in [0.2, 0.25) is 0 Å². The second-order valence-corrected chi connectivity index (χ2v) is 6.61. The van der Waals surface area contributed by atoms with Crippen molar-refractivity contribution in [3.8, 4) is 0 Å². The highest BCUT2D eigenvalue weighted by atomic mass is 32.2. The van der Waals surface area contributed by atoms with Crippen molar-refractivity contribution < 1.29 is 18.3 Å². The molecule has 110 valence electrons. The Morgan fingerprint density at radius 3 is 2.35 bits per heavy atom. The number of carboxylic acids is 1. The molecule has 2 atom stereocenters. The zero-order valence-corrected chi connectivity index (χ0v) is 11.8. The fourth-order valence-electron chi connectivity index (χ4n) is 2.55. The first-order chi connectivity index (χ1) is 9.38. The minimum Gasteiger partial charge on any atom is -0.481 e. The van der Waals surface area contributed by atoms with Crippen LogP contribution >= 0.6 is 0 Å². The highest BCUT2D eigenvalue weighted by Crippen LogP contribution is 2.27. The number of hydrogen-bond acceptors (Lipinski definition) is 4. The van der Waals surface area contributed by atoms with Crippen LogP contribution in [0, 0.1) is 5.92 Å². The van der Waals surface area contributed by atoms with E-state index in [0.717, 1.165) is 19.3 Å². The summed E-state index contributed by atoms with van der Waals surface area (Å²) in [5.41, 5.74) is 0.704. The first-order valence-electron chi connectivity index (χ1n) is 6.50. The molecule has 0 aliphatic heterocycles. The predicted molar refractivity (Wildman–Crippen MR) is 74.8 cm³/mol. The predicted octanol–water partition coefficient (Wildman–Crippen LogP) is 1.39. The first-order valence-corrected chi connectivity index (χ1v) is 8.05. The molecular formula is C13H18N2O4S. The molecule has 1 aliphatic rings. The molecule has 0 radical (unpaired) electrons. The van der Waals surface area contributed by atoms with Gasteiger partial charge >= 0.3 is 5.97 Å². The van der Waals surface area contributed by atoms with Crippen LogP contribution in [-0.4, -0.2) is 25.5 Å². The molecule has 1 saturated carbocycles. The molecule has 1 aromatic rings. The quantitative estimate of drug-likeness (QED) is 0.778. The van der Waals surface area contributed by atoms with Crippen molar-refractivity contribution >= 4 is 21.7 Å².